The molecule has 1 aromatic rings. The topological polar surface area (TPSA) is 126 Å². The summed E-state index contributed by atoms with van der Waals surface area (Å²) in [6.07, 6.45) is 1.21. The average Bonchev–Trinajstić information content (AvgIpc) is 2.54. The standard InChI is InChI=1S/C14H18N2O7/c1-3-11(18)16(9(8-17)13(19)20)23-14(21)12-10(22-4-2)6-5-7-15-12/h5-7,9,17H,3-4,8H2,1-2H3,(H,19,20)/t9-/m0/s1. The van der Waals surface area contributed by atoms with Crippen LogP contribution >= 0.6 is 0 Å². The second-order valence-electron chi connectivity index (χ2n) is 4.27. The Labute approximate surface area is 132 Å². The number of hydrogen-bond acceptors (Lipinski definition) is 7. The summed E-state index contributed by atoms with van der Waals surface area (Å²) >= 11 is 0. The molecule has 0 aromatic carbocycles. The number of aliphatic hydroxyl groups excluding tert-OH is 1. The van der Waals surface area contributed by atoms with Crippen molar-refractivity contribution in [3.05, 3.63) is 24.0 Å². The quantitative estimate of drug-likeness (QED) is 0.682. The minimum Gasteiger partial charge on any atom is -0.491 e. The number of aliphatic carboxylic acids is 1. The number of rotatable bonds is 7. The third-order valence-corrected chi connectivity index (χ3v) is 2.73. The third-order valence-electron chi connectivity index (χ3n) is 2.73. The van der Waals surface area contributed by atoms with Crippen molar-refractivity contribution in [1.82, 2.24) is 10.0 Å². The minimum absolute atomic E-state index is 0.113. The molecule has 0 aliphatic carbocycles. The van der Waals surface area contributed by atoms with E-state index in [1.165, 1.54) is 19.2 Å². The molecule has 0 radical (unpaired) electrons. The summed E-state index contributed by atoms with van der Waals surface area (Å²) in [4.78, 5) is 43.8. The van der Waals surface area contributed by atoms with Gasteiger partial charge >= 0.3 is 11.9 Å². The summed E-state index contributed by atoms with van der Waals surface area (Å²) in [5, 5.41) is 18.5. The van der Waals surface area contributed by atoms with E-state index < -0.39 is 30.5 Å². The Morgan fingerprint density at radius 2 is 2.04 bits per heavy atom. The van der Waals surface area contributed by atoms with E-state index in [1.807, 2.05) is 0 Å². The zero-order chi connectivity index (χ0) is 17.4. The molecule has 1 aromatic heterocycles. The van der Waals surface area contributed by atoms with Gasteiger partial charge in [0.1, 0.15) is 0 Å². The van der Waals surface area contributed by atoms with Crippen LogP contribution in [0.5, 0.6) is 5.75 Å². The molecule has 0 aliphatic rings. The Morgan fingerprint density at radius 1 is 1.35 bits per heavy atom. The number of amides is 1. The highest BCUT2D eigenvalue weighted by Gasteiger charge is 2.33. The largest absolute Gasteiger partial charge is 0.491 e. The predicted molar refractivity (Wildman–Crippen MR) is 76.5 cm³/mol. The number of hydroxylamine groups is 2. The van der Waals surface area contributed by atoms with E-state index in [0.29, 0.717) is 5.06 Å². The number of carbonyl (C=O) groups excluding carboxylic acids is 2. The van der Waals surface area contributed by atoms with Gasteiger partial charge in [-0.25, -0.2) is 14.6 Å². The van der Waals surface area contributed by atoms with Gasteiger partial charge in [0.05, 0.1) is 13.2 Å². The number of hydrogen-bond donors (Lipinski definition) is 2. The van der Waals surface area contributed by atoms with Gasteiger partial charge in [0, 0.05) is 12.6 Å². The van der Waals surface area contributed by atoms with E-state index in [9.17, 15) is 14.4 Å². The highest BCUT2D eigenvalue weighted by molar-refractivity contribution is 5.92. The molecule has 0 unspecified atom stereocenters. The summed E-state index contributed by atoms with van der Waals surface area (Å²) < 4.78 is 5.23. The molecule has 126 valence electrons. The lowest BCUT2D eigenvalue weighted by atomic mass is 10.3. The van der Waals surface area contributed by atoms with Crippen molar-refractivity contribution >= 4 is 17.8 Å². The monoisotopic (exact) mass is 326 g/mol. The molecule has 1 atom stereocenters. The Bertz CT molecular complexity index is 576. The molecule has 1 heterocycles. The van der Waals surface area contributed by atoms with E-state index in [2.05, 4.69) is 4.98 Å². The first-order valence-electron chi connectivity index (χ1n) is 6.92. The smallest absolute Gasteiger partial charge is 0.385 e. The van der Waals surface area contributed by atoms with E-state index in [1.54, 1.807) is 13.0 Å². The maximum absolute atomic E-state index is 12.2. The summed E-state index contributed by atoms with van der Waals surface area (Å²) in [7, 11) is 0. The fraction of sp³-hybridized carbons (Fsp3) is 0.429. The predicted octanol–water partition coefficient (Wildman–Crippen LogP) is 0.236. The summed E-state index contributed by atoms with van der Waals surface area (Å²) in [6.45, 7) is 2.54. The van der Waals surface area contributed by atoms with Crippen LogP contribution in [-0.4, -0.2) is 57.4 Å². The molecule has 23 heavy (non-hydrogen) atoms. The lowest BCUT2D eigenvalue weighted by molar-refractivity contribution is -0.190. The molecule has 0 aliphatic heterocycles. The second-order valence-corrected chi connectivity index (χ2v) is 4.27. The van der Waals surface area contributed by atoms with Gasteiger partial charge in [-0.05, 0) is 19.1 Å². The van der Waals surface area contributed by atoms with Gasteiger partial charge in [-0.3, -0.25) is 4.79 Å². The number of aromatic nitrogens is 1. The number of nitrogens with zero attached hydrogens (tertiary/aromatic N) is 2. The molecule has 1 amide bonds. The van der Waals surface area contributed by atoms with Crippen molar-refractivity contribution in [3.63, 3.8) is 0 Å². The van der Waals surface area contributed by atoms with Crippen LogP contribution in [0.15, 0.2) is 18.3 Å². The highest BCUT2D eigenvalue weighted by atomic mass is 16.7. The Kier molecular flexibility index (Phi) is 6.94. The molecular weight excluding hydrogens is 308 g/mol. The Morgan fingerprint density at radius 3 is 2.57 bits per heavy atom. The van der Waals surface area contributed by atoms with Crippen molar-refractivity contribution in [1.29, 1.82) is 0 Å². The Hall–Kier alpha value is -2.68. The number of carboxylic acid groups (broad SMARTS) is 1. The summed E-state index contributed by atoms with van der Waals surface area (Å²) in [5.74, 6) is -3.20. The fourth-order valence-electron chi connectivity index (χ4n) is 1.65. The van der Waals surface area contributed by atoms with Gasteiger partial charge in [-0.15, -0.1) is 0 Å². The maximum atomic E-state index is 12.2. The molecule has 9 heteroatoms. The first-order chi connectivity index (χ1) is 11.0. The number of pyridine rings is 1. The molecule has 0 fully saturated rings. The number of aliphatic hydroxyl groups is 1. The van der Waals surface area contributed by atoms with Gasteiger partial charge in [-0.1, -0.05) is 6.92 Å². The summed E-state index contributed by atoms with van der Waals surface area (Å²) in [6, 6.07) is 1.33. The molecular formula is C14H18N2O7. The van der Waals surface area contributed by atoms with Crippen LogP contribution in [0.2, 0.25) is 0 Å². The van der Waals surface area contributed by atoms with E-state index in [-0.39, 0.29) is 24.5 Å². The van der Waals surface area contributed by atoms with Crippen LogP contribution in [0, 0.1) is 0 Å². The molecule has 0 saturated heterocycles. The zero-order valence-electron chi connectivity index (χ0n) is 12.8. The minimum atomic E-state index is -1.70. The van der Waals surface area contributed by atoms with Crippen molar-refractivity contribution < 1.29 is 34.2 Å². The first kappa shape index (κ1) is 18.4. The second kappa shape index (κ2) is 8.69. The van der Waals surface area contributed by atoms with Crippen molar-refractivity contribution in [3.8, 4) is 5.75 Å². The van der Waals surface area contributed by atoms with Crippen molar-refractivity contribution in [2.75, 3.05) is 13.2 Å². The van der Waals surface area contributed by atoms with Crippen LogP contribution in [0.25, 0.3) is 0 Å². The van der Waals surface area contributed by atoms with E-state index in [4.69, 9.17) is 19.8 Å². The molecule has 9 nitrogen and oxygen atoms in total. The maximum Gasteiger partial charge on any atom is 0.385 e. The lowest BCUT2D eigenvalue weighted by Gasteiger charge is -2.25. The van der Waals surface area contributed by atoms with Crippen LogP contribution in [0.3, 0.4) is 0 Å². The van der Waals surface area contributed by atoms with Gasteiger partial charge in [-0.2, -0.15) is 5.06 Å². The number of ether oxygens (including phenoxy) is 1. The first-order valence-corrected chi connectivity index (χ1v) is 6.92. The SMILES string of the molecule is CCOc1cccnc1C(=O)ON(C(=O)CC)[C@@H](CO)C(=O)O. The van der Waals surface area contributed by atoms with E-state index in [0.717, 1.165) is 0 Å². The molecule has 0 spiro atoms. The van der Waals surface area contributed by atoms with Crippen molar-refractivity contribution in [2.24, 2.45) is 0 Å². The van der Waals surface area contributed by atoms with Crippen LogP contribution < -0.4 is 4.74 Å². The molecule has 0 saturated carbocycles. The average molecular weight is 326 g/mol. The Balaban J connectivity index is 3.06. The normalized spacial score (nSPS) is 11.4. The number of carbonyl (C=O) groups is 3. The van der Waals surface area contributed by atoms with Crippen LogP contribution in [-0.2, 0) is 14.4 Å². The molecule has 1 rings (SSSR count). The number of carboxylic acids is 1. The fourth-order valence-corrected chi connectivity index (χ4v) is 1.65. The van der Waals surface area contributed by atoms with Crippen LogP contribution in [0.1, 0.15) is 30.8 Å². The van der Waals surface area contributed by atoms with Gasteiger partial charge in [0.25, 0.3) is 5.91 Å². The van der Waals surface area contributed by atoms with Gasteiger partial charge in [0.2, 0.25) is 0 Å². The van der Waals surface area contributed by atoms with Gasteiger partial charge < -0.3 is 19.8 Å². The van der Waals surface area contributed by atoms with E-state index >= 15 is 0 Å². The zero-order valence-corrected chi connectivity index (χ0v) is 12.8. The third kappa shape index (κ3) is 4.65. The van der Waals surface area contributed by atoms with Crippen molar-refractivity contribution in [2.45, 2.75) is 26.3 Å². The van der Waals surface area contributed by atoms with Crippen LogP contribution in [0.4, 0.5) is 0 Å². The lowest BCUT2D eigenvalue weighted by Crippen LogP contribution is -2.48. The molecule has 0 bridgehead atoms. The summed E-state index contributed by atoms with van der Waals surface area (Å²) in [5.41, 5.74) is -0.203. The molecule has 2 N–H and O–H groups in total. The highest BCUT2D eigenvalue weighted by Crippen LogP contribution is 2.18. The van der Waals surface area contributed by atoms with Gasteiger partial charge in [0.15, 0.2) is 17.5 Å².